The van der Waals surface area contributed by atoms with E-state index in [-0.39, 0.29) is 11.4 Å². The van der Waals surface area contributed by atoms with Gasteiger partial charge in [-0.15, -0.1) is 0 Å². The minimum atomic E-state index is -0.181. The lowest BCUT2D eigenvalue weighted by molar-refractivity contribution is 0.0558. The number of ether oxygens (including phenoxy) is 1. The molecule has 2 nitrogen and oxygen atoms in total. The first-order chi connectivity index (χ1) is 12.1. The second-order valence-electron chi connectivity index (χ2n) is 8.00. The molecule has 1 heterocycles. The number of hydrogen-bond donors (Lipinski definition) is 1. The number of hydrogen-bond acceptors (Lipinski definition) is 2. The predicted molar refractivity (Wildman–Crippen MR) is 107 cm³/mol. The number of halogens is 1. The molecule has 0 amide bonds. The minimum absolute atomic E-state index is 0.105. The Labute approximate surface area is 157 Å². The van der Waals surface area contributed by atoms with E-state index in [2.05, 4.69) is 19.9 Å². The second-order valence-corrected chi connectivity index (χ2v) is 8.00. The average Bonchev–Trinajstić information content (AvgIpc) is 2.57. The maximum Gasteiger partial charge on any atom is 0.127 e. The molecule has 0 spiro atoms. The van der Waals surface area contributed by atoms with Crippen molar-refractivity contribution in [2.24, 2.45) is 0 Å². The van der Waals surface area contributed by atoms with Crippen LogP contribution in [-0.4, -0.2) is 10.7 Å². The second kappa shape index (κ2) is 8.28. The molecule has 0 bridgehead atoms. The van der Waals surface area contributed by atoms with Gasteiger partial charge in [0.2, 0.25) is 0 Å². The van der Waals surface area contributed by atoms with Crippen LogP contribution in [0.5, 0.6) is 11.5 Å². The van der Waals surface area contributed by atoms with Crippen molar-refractivity contribution in [3.05, 3.63) is 45.8 Å². The van der Waals surface area contributed by atoms with Crippen LogP contribution in [0.15, 0.2) is 23.6 Å². The van der Waals surface area contributed by atoms with Crippen molar-refractivity contribution < 1.29 is 14.2 Å². The zero-order chi connectivity index (χ0) is 19.5. The van der Waals surface area contributed by atoms with E-state index in [0.29, 0.717) is 5.75 Å². The Kier molecular flexibility index (Phi) is 6.54. The summed E-state index contributed by atoms with van der Waals surface area (Å²) in [6, 6.07) is 0. The average molecular weight is 361 g/mol. The third kappa shape index (κ3) is 4.69. The molecule has 0 radical (unpaired) electrons. The van der Waals surface area contributed by atoms with Gasteiger partial charge in [-0.3, -0.25) is 0 Å². The van der Waals surface area contributed by atoms with E-state index in [4.69, 9.17) is 4.74 Å². The highest BCUT2D eigenvalue weighted by Gasteiger charge is 2.33. The van der Waals surface area contributed by atoms with Crippen molar-refractivity contribution in [3.63, 3.8) is 0 Å². The first-order valence-corrected chi connectivity index (χ1v) is 9.63. The zero-order valence-electron chi connectivity index (χ0n) is 17.1. The molecule has 0 aromatic heterocycles. The lowest BCUT2D eigenvalue weighted by atomic mass is 9.85. The zero-order valence-corrected chi connectivity index (χ0v) is 17.1. The summed E-state index contributed by atoms with van der Waals surface area (Å²) in [5, 5.41) is 10.3. The van der Waals surface area contributed by atoms with Crippen LogP contribution in [0.1, 0.15) is 75.1 Å². The Bertz CT molecular complexity index is 726. The van der Waals surface area contributed by atoms with Gasteiger partial charge in [0.15, 0.2) is 0 Å². The number of rotatable bonds is 6. The molecule has 1 aromatic rings. The number of phenols is 1. The number of aromatic hydroxyl groups is 1. The normalized spacial score (nSPS) is 20.7. The van der Waals surface area contributed by atoms with Gasteiger partial charge in [0.1, 0.15) is 17.1 Å². The van der Waals surface area contributed by atoms with E-state index in [1.165, 1.54) is 12.5 Å². The Hall–Kier alpha value is -1.77. The van der Waals surface area contributed by atoms with Crippen molar-refractivity contribution in [2.45, 2.75) is 85.7 Å². The maximum atomic E-state index is 12.7. The van der Waals surface area contributed by atoms with Gasteiger partial charge < -0.3 is 9.84 Å². The Morgan fingerprint density at radius 2 is 1.81 bits per heavy atom. The summed E-state index contributed by atoms with van der Waals surface area (Å²) in [7, 11) is 0. The summed E-state index contributed by atoms with van der Waals surface area (Å²) in [4.78, 5) is 0. The van der Waals surface area contributed by atoms with Gasteiger partial charge in [-0.1, -0.05) is 17.7 Å². The Morgan fingerprint density at radius 3 is 2.46 bits per heavy atom. The third-order valence-electron chi connectivity index (χ3n) is 5.72. The molecule has 0 saturated carbocycles. The van der Waals surface area contributed by atoms with Crippen LogP contribution >= 0.6 is 0 Å². The number of phenolic OH excluding ortho intramolecular Hbond substituents is 1. The van der Waals surface area contributed by atoms with Crippen LogP contribution < -0.4 is 4.74 Å². The van der Waals surface area contributed by atoms with Gasteiger partial charge in [0, 0.05) is 5.56 Å². The SMILES string of the molecule is C/C(F)=C/CC/C(C)=C/CC[C@@]1(C)CCc2c(C)c(O)c(C)c(C)c2O1. The molecule has 1 aliphatic rings. The monoisotopic (exact) mass is 360 g/mol. The fourth-order valence-corrected chi connectivity index (χ4v) is 3.70. The van der Waals surface area contributed by atoms with Gasteiger partial charge in [-0.05, 0) is 96.8 Å². The molecule has 1 aliphatic heterocycles. The number of allylic oxidation sites excluding steroid dienone is 4. The lowest BCUT2D eigenvalue weighted by Crippen LogP contribution is -2.37. The maximum absolute atomic E-state index is 12.7. The van der Waals surface area contributed by atoms with E-state index in [1.54, 1.807) is 6.08 Å². The van der Waals surface area contributed by atoms with Crippen LogP contribution in [0.3, 0.4) is 0 Å². The van der Waals surface area contributed by atoms with Crippen molar-refractivity contribution in [1.29, 1.82) is 0 Å². The van der Waals surface area contributed by atoms with Gasteiger partial charge in [-0.2, -0.15) is 0 Å². The van der Waals surface area contributed by atoms with Gasteiger partial charge >= 0.3 is 0 Å². The topological polar surface area (TPSA) is 29.5 Å². The lowest BCUT2D eigenvalue weighted by Gasteiger charge is -2.38. The summed E-state index contributed by atoms with van der Waals surface area (Å²) in [5.74, 6) is 1.27. The number of benzene rings is 1. The van der Waals surface area contributed by atoms with Gasteiger partial charge in [0.05, 0.1) is 5.83 Å². The molecule has 1 atom stereocenters. The summed E-state index contributed by atoms with van der Waals surface area (Å²) in [6.45, 7) is 11.7. The predicted octanol–water partition coefficient (Wildman–Crippen LogP) is 6.78. The minimum Gasteiger partial charge on any atom is -0.507 e. The smallest absolute Gasteiger partial charge is 0.127 e. The molecule has 0 fully saturated rings. The van der Waals surface area contributed by atoms with E-state index in [9.17, 15) is 9.50 Å². The Morgan fingerprint density at radius 1 is 1.12 bits per heavy atom. The summed E-state index contributed by atoms with van der Waals surface area (Å²) in [6.07, 6.45) is 9.38. The van der Waals surface area contributed by atoms with Gasteiger partial charge in [0.25, 0.3) is 0 Å². The summed E-state index contributed by atoms with van der Waals surface area (Å²) in [5.41, 5.74) is 5.20. The molecule has 0 saturated heterocycles. The first-order valence-electron chi connectivity index (χ1n) is 9.63. The summed E-state index contributed by atoms with van der Waals surface area (Å²) >= 11 is 0. The van der Waals surface area contributed by atoms with Gasteiger partial charge in [-0.25, -0.2) is 4.39 Å². The van der Waals surface area contributed by atoms with E-state index in [1.807, 2.05) is 20.8 Å². The van der Waals surface area contributed by atoms with Crippen LogP contribution in [-0.2, 0) is 6.42 Å². The van der Waals surface area contributed by atoms with Crippen molar-refractivity contribution in [2.75, 3.05) is 0 Å². The molecule has 2 rings (SSSR count). The molecule has 1 N–H and O–H groups in total. The van der Waals surface area contributed by atoms with Crippen molar-refractivity contribution in [1.82, 2.24) is 0 Å². The molecule has 0 aliphatic carbocycles. The highest BCUT2D eigenvalue weighted by molar-refractivity contribution is 5.58. The first kappa shape index (κ1) is 20.5. The number of fused-ring (bicyclic) bond motifs is 1. The fourth-order valence-electron chi connectivity index (χ4n) is 3.70. The summed E-state index contributed by atoms with van der Waals surface area (Å²) < 4.78 is 19.2. The molecule has 144 valence electrons. The highest BCUT2D eigenvalue weighted by atomic mass is 19.1. The molecule has 26 heavy (non-hydrogen) atoms. The fraction of sp³-hybridized carbons (Fsp3) is 0.565. The van der Waals surface area contributed by atoms with Crippen LogP contribution in [0.25, 0.3) is 0 Å². The van der Waals surface area contributed by atoms with Crippen molar-refractivity contribution >= 4 is 0 Å². The van der Waals surface area contributed by atoms with Crippen molar-refractivity contribution in [3.8, 4) is 11.5 Å². The molecule has 1 aromatic carbocycles. The van der Waals surface area contributed by atoms with E-state index < -0.39 is 0 Å². The third-order valence-corrected chi connectivity index (χ3v) is 5.72. The van der Waals surface area contributed by atoms with Crippen LogP contribution in [0.4, 0.5) is 4.39 Å². The van der Waals surface area contributed by atoms with Crippen LogP contribution in [0, 0.1) is 20.8 Å². The quantitative estimate of drug-likeness (QED) is 0.566. The standard InChI is InChI=1S/C23H33FO2/c1-15(9-7-11-16(2)24)10-8-13-23(6)14-12-20-19(5)21(25)17(3)18(4)22(20)26-23/h10-11,25H,7-9,12-14H2,1-6H3/b15-10+,16-11-/t23-/m0/s1. The van der Waals surface area contributed by atoms with E-state index >= 15 is 0 Å². The largest absolute Gasteiger partial charge is 0.507 e. The Balaban J connectivity index is 2.04. The molecule has 0 unspecified atom stereocenters. The van der Waals surface area contributed by atoms with Crippen LogP contribution in [0.2, 0.25) is 0 Å². The highest BCUT2D eigenvalue weighted by Crippen LogP contribution is 2.44. The molecular weight excluding hydrogens is 327 g/mol. The molecule has 3 heteroatoms. The molecular formula is C23H33FO2. The van der Waals surface area contributed by atoms with E-state index in [0.717, 1.165) is 66.5 Å².